The SMILES string of the molecule is [B-]OC(=O)C(F)(F)F.[Na+]. The summed E-state index contributed by atoms with van der Waals surface area (Å²) in [5, 5.41) is 0. The Morgan fingerprint density at radius 2 is 1.78 bits per heavy atom. The van der Waals surface area contributed by atoms with Crippen molar-refractivity contribution in [2.24, 2.45) is 0 Å². The van der Waals surface area contributed by atoms with E-state index in [4.69, 9.17) is 0 Å². The van der Waals surface area contributed by atoms with Crippen LogP contribution in [-0.2, 0) is 9.45 Å². The zero-order valence-corrected chi connectivity index (χ0v) is 6.53. The van der Waals surface area contributed by atoms with E-state index in [0.717, 1.165) is 0 Å². The Labute approximate surface area is 72.5 Å². The number of carbonyl (C=O) groups excluding carboxylic acids is 1. The summed E-state index contributed by atoms with van der Waals surface area (Å²) in [5.74, 6) is -2.39. The van der Waals surface area contributed by atoms with Gasteiger partial charge >= 0.3 is 41.7 Å². The molecule has 0 saturated carbocycles. The van der Waals surface area contributed by atoms with Gasteiger partial charge in [-0.25, -0.2) is 4.79 Å². The number of alkyl halides is 3. The minimum atomic E-state index is -4.98. The molecule has 45 valence electrons. The van der Waals surface area contributed by atoms with Gasteiger partial charge in [0.15, 0.2) is 0 Å². The molecule has 0 aliphatic rings. The molecule has 0 aliphatic heterocycles. The van der Waals surface area contributed by atoms with Crippen molar-refractivity contribution >= 4 is 14.0 Å². The van der Waals surface area contributed by atoms with Crippen LogP contribution in [0.15, 0.2) is 0 Å². The second-order valence-corrected chi connectivity index (χ2v) is 0.903. The number of hydrogen-bond acceptors (Lipinski definition) is 2. The van der Waals surface area contributed by atoms with Crippen LogP contribution in [0.4, 0.5) is 13.2 Å². The summed E-state index contributed by atoms with van der Waals surface area (Å²) in [4.78, 5) is 9.36. The van der Waals surface area contributed by atoms with Crippen molar-refractivity contribution in [1.29, 1.82) is 0 Å². The summed E-state index contributed by atoms with van der Waals surface area (Å²) in [6, 6.07) is 0. The zero-order valence-electron chi connectivity index (χ0n) is 4.53. The number of hydrogen-bond donors (Lipinski definition) is 0. The third kappa shape index (κ3) is 4.81. The number of rotatable bonds is 0. The third-order valence-electron chi connectivity index (χ3n) is 0.338. The fraction of sp³-hybridized carbons (Fsp3) is 0.500. The number of halogens is 3. The fourth-order valence-electron chi connectivity index (χ4n) is 0.0668. The molecule has 2 nitrogen and oxygen atoms in total. The van der Waals surface area contributed by atoms with E-state index < -0.39 is 12.1 Å². The maximum atomic E-state index is 10.9. The molecule has 0 fully saturated rings. The van der Waals surface area contributed by atoms with E-state index in [-0.39, 0.29) is 29.6 Å². The first-order valence-corrected chi connectivity index (χ1v) is 1.46. The largest absolute Gasteiger partial charge is 1.00 e. The number of carbonyl (C=O) groups is 1. The summed E-state index contributed by atoms with van der Waals surface area (Å²) in [7, 11) is 3.89. The van der Waals surface area contributed by atoms with Crippen LogP contribution in [0.2, 0.25) is 0 Å². The summed E-state index contributed by atoms with van der Waals surface area (Å²) in [6.45, 7) is 0. The average molecular weight is 147 g/mol. The average Bonchev–Trinajstić information content (AvgIpc) is 1.62. The third-order valence-corrected chi connectivity index (χ3v) is 0.338. The van der Waals surface area contributed by atoms with Gasteiger partial charge in [-0.1, -0.05) is 0 Å². The van der Waals surface area contributed by atoms with E-state index in [1.165, 1.54) is 0 Å². The molecule has 0 saturated heterocycles. The van der Waals surface area contributed by atoms with E-state index in [9.17, 15) is 18.0 Å². The topological polar surface area (TPSA) is 26.3 Å². The molecule has 0 rings (SSSR count). The van der Waals surface area contributed by atoms with E-state index in [1.54, 1.807) is 0 Å². The Morgan fingerprint density at radius 3 is 1.78 bits per heavy atom. The van der Waals surface area contributed by atoms with E-state index in [2.05, 4.69) is 12.7 Å². The summed E-state index contributed by atoms with van der Waals surface area (Å²) < 4.78 is 35.5. The molecule has 0 aromatic carbocycles. The Morgan fingerprint density at radius 1 is 1.44 bits per heavy atom. The molecule has 0 aromatic rings. The fourth-order valence-corrected chi connectivity index (χ4v) is 0.0668. The molecule has 0 unspecified atom stereocenters. The molecule has 0 bridgehead atoms. The van der Waals surface area contributed by atoms with E-state index >= 15 is 0 Å². The molecular formula is C2BF3NaO2. The van der Waals surface area contributed by atoms with Gasteiger partial charge in [0.25, 0.3) is 0 Å². The molecule has 0 atom stereocenters. The zero-order chi connectivity index (χ0) is 6.78. The standard InChI is InChI=1S/C2BF3O2.Na/c3-8-1(7)2(4,5)6;/q-1;+1. The van der Waals surface area contributed by atoms with Gasteiger partial charge < -0.3 is 12.7 Å². The molecule has 9 heavy (non-hydrogen) atoms. The molecule has 0 aliphatic carbocycles. The van der Waals surface area contributed by atoms with Crippen LogP contribution in [0, 0.1) is 0 Å². The summed E-state index contributed by atoms with van der Waals surface area (Å²) >= 11 is 0. The maximum Gasteiger partial charge on any atom is 1.00 e. The summed E-state index contributed by atoms with van der Waals surface area (Å²) in [5.41, 5.74) is 0. The first-order chi connectivity index (χ1) is 3.48. The van der Waals surface area contributed by atoms with Crippen LogP contribution < -0.4 is 29.6 Å². The molecule has 3 radical (unpaired) electrons. The van der Waals surface area contributed by atoms with Crippen LogP contribution >= 0.6 is 0 Å². The van der Waals surface area contributed by atoms with Crippen molar-refractivity contribution in [2.45, 2.75) is 6.18 Å². The quantitative estimate of drug-likeness (QED) is 0.345. The molecule has 0 heterocycles. The van der Waals surface area contributed by atoms with Gasteiger partial charge in [0, 0.05) is 0 Å². The second kappa shape index (κ2) is 4.19. The first-order valence-electron chi connectivity index (χ1n) is 1.46. The van der Waals surface area contributed by atoms with E-state index in [1.807, 2.05) is 0 Å². The van der Waals surface area contributed by atoms with Crippen LogP contribution in [0.25, 0.3) is 0 Å². The Hall–Kier alpha value is 0.325. The van der Waals surface area contributed by atoms with Gasteiger partial charge in [-0.3, -0.25) is 0 Å². The van der Waals surface area contributed by atoms with Crippen LogP contribution in [0.3, 0.4) is 0 Å². The van der Waals surface area contributed by atoms with Gasteiger partial charge in [0.1, 0.15) is 0 Å². The first kappa shape index (κ1) is 12.0. The minimum Gasteiger partial charge on any atom is -0.787 e. The minimum absolute atomic E-state index is 0. The second-order valence-electron chi connectivity index (χ2n) is 0.903. The van der Waals surface area contributed by atoms with Gasteiger partial charge in [-0.15, -0.1) is 0 Å². The molecule has 0 spiro atoms. The van der Waals surface area contributed by atoms with E-state index in [0.29, 0.717) is 0 Å². The predicted octanol–water partition coefficient (Wildman–Crippen LogP) is -2.82. The Bertz CT molecular complexity index is 102. The van der Waals surface area contributed by atoms with Gasteiger partial charge in [0.05, 0.1) is 0 Å². The van der Waals surface area contributed by atoms with Crippen LogP contribution in [-0.4, -0.2) is 20.2 Å². The van der Waals surface area contributed by atoms with Crippen molar-refractivity contribution in [3.05, 3.63) is 0 Å². The molecule has 0 N–H and O–H groups in total. The molecule has 0 aromatic heterocycles. The molecule has 7 heteroatoms. The Balaban J connectivity index is 0. The van der Waals surface area contributed by atoms with Crippen molar-refractivity contribution < 1.29 is 52.2 Å². The van der Waals surface area contributed by atoms with Crippen molar-refractivity contribution in [3.8, 4) is 0 Å². The smallest absolute Gasteiger partial charge is 0.787 e. The van der Waals surface area contributed by atoms with Crippen molar-refractivity contribution in [1.82, 2.24) is 0 Å². The van der Waals surface area contributed by atoms with Crippen molar-refractivity contribution in [3.63, 3.8) is 0 Å². The van der Waals surface area contributed by atoms with Crippen LogP contribution in [0.1, 0.15) is 0 Å². The normalized spacial score (nSPS) is 9.78. The van der Waals surface area contributed by atoms with Crippen molar-refractivity contribution in [2.75, 3.05) is 0 Å². The van der Waals surface area contributed by atoms with Gasteiger partial charge in [-0.2, -0.15) is 13.2 Å². The monoisotopic (exact) mass is 147 g/mol. The summed E-state index contributed by atoms with van der Waals surface area (Å²) in [6.07, 6.45) is -4.98. The van der Waals surface area contributed by atoms with Gasteiger partial charge in [-0.05, 0) is 0 Å². The molecular weight excluding hydrogens is 147 g/mol. The predicted molar refractivity (Wildman–Crippen MR) is 17.9 cm³/mol. The molecule has 0 amide bonds. The Kier molecular flexibility index (Phi) is 5.61. The van der Waals surface area contributed by atoms with Gasteiger partial charge in [0.2, 0.25) is 0 Å². The van der Waals surface area contributed by atoms with Crippen LogP contribution in [0.5, 0.6) is 0 Å². The maximum absolute atomic E-state index is 10.9.